The largest absolute Gasteiger partial charge is 0.342 e. The minimum Gasteiger partial charge on any atom is -0.342 e. The lowest BCUT2D eigenvalue weighted by Crippen LogP contribution is -2.55. The van der Waals surface area contributed by atoms with Gasteiger partial charge in [0.2, 0.25) is 0 Å². The topological polar surface area (TPSA) is 42.1 Å². The molecule has 4 heteroatoms. The van der Waals surface area contributed by atoms with Gasteiger partial charge in [-0.3, -0.25) is 0 Å². The van der Waals surface area contributed by atoms with Gasteiger partial charge in [-0.05, 0) is 38.0 Å². The van der Waals surface area contributed by atoms with Crippen LogP contribution in [0.15, 0.2) is 5.38 Å². The lowest BCUT2D eigenvalue weighted by Gasteiger charge is -2.48. The van der Waals surface area contributed by atoms with Crippen molar-refractivity contribution >= 4 is 16.5 Å². The molecule has 0 spiro atoms. The molecule has 0 saturated carbocycles. The van der Waals surface area contributed by atoms with E-state index in [0.717, 1.165) is 12.8 Å². The molecule has 2 N–H and O–H groups in total. The number of piperidine rings is 2. The van der Waals surface area contributed by atoms with Crippen molar-refractivity contribution in [2.45, 2.75) is 70.0 Å². The first kappa shape index (κ1) is 12.4. The molecular formula is C14H23N3S. The molecule has 0 aliphatic carbocycles. The van der Waals surface area contributed by atoms with Crippen molar-refractivity contribution in [2.75, 3.05) is 4.90 Å². The third-order valence-corrected chi connectivity index (χ3v) is 5.21. The molecule has 100 valence electrons. The zero-order chi connectivity index (χ0) is 12.7. The highest BCUT2D eigenvalue weighted by Gasteiger charge is 2.38. The molecule has 2 fully saturated rings. The maximum atomic E-state index is 6.18. The fourth-order valence-corrected chi connectivity index (χ4v) is 4.52. The van der Waals surface area contributed by atoms with Gasteiger partial charge in [0, 0.05) is 23.5 Å². The van der Waals surface area contributed by atoms with E-state index in [9.17, 15) is 0 Å². The molecule has 2 aliphatic heterocycles. The Balaban J connectivity index is 1.85. The smallest absolute Gasteiger partial charge is 0.186 e. The quantitative estimate of drug-likeness (QED) is 0.893. The Labute approximate surface area is 113 Å². The van der Waals surface area contributed by atoms with Crippen molar-refractivity contribution in [2.24, 2.45) is 5.73 Å². The van der Waals surface area contributed by atoms with Crippen LogP contribution in [-0.2, 0) is 0 Å². The van der Waals surface area contributed by atoms with Gasteiger partial charge in [0.05, 0.1) is 5.69 Å². The first-order valence-electron chi connectivity index (χ1n) is 7.14. The lowest BCUT2D eigenvalue weighted by atomic mass is 9.82. The molecule has 1 aromatic heterocycles. The van der Waals surface area contributed by atoms with Crippen molar-refractivity contribution in [1.82, 2.24) is 4.98 Å². The number of hydrogen-bond acceptors (Lipinski definition) is 4. The number of aromatic nitrogens is 1. The van der Waals surface area contributed by atoms with E-state index < -0.39 is 0 Å². The molecular weight excluding hydrogens is 242 g/mol. The van der Waals surface area contributed by atoms with Gasteiger partial charge in [-0.25, -0.2) is 4.98 Å². The Hall–Kier alpha value is -0.610. The van der Waals surface area contributed by atoms with E-state index in [1.807, 2.05) is 11.3 Å². The summed E-state index contributed by atoms with van der Waals surface area (Å²) in [5.74, 6) is 0.530. The average Bonchev–Trinajstić information content (AvgIpc) is 2.76. The van der Waals surface area contributed by atoms with E-state index in [2.05, 4.69) is 24.1 Å². The molecule has 3 rings (SSSR count). The fourth-order valence-electron chi connectivity index (χ4n) is 3.40. The molecule has 3 heterocycles. The van der Waals surface area contributed by atoms with E-state index in [1.165, 1.54) is 30.1 Å². The van der Waals surface area contributed by atoms with Crippen LogP contribution < -0.4 is 10.6 Å². The summed E-state index contributed by atoms with van der Waals surface area (Å²) in [4.78, 5) is 7.43. The van der Waals surface area contributed by atoms with Crippen molar-refractivity contribution in [3.05, 3.63) is 11.1 Å². The van der Waals surface area contributed by atoms with Crippen LogP contribution in [0.5, 0.6) is 0 Å². The first-order valence-corrected chi connectivity index (χ1v) is 8.02. The summed E-state index contributed by atoms with van der Waals surface area (Å²) in [5, 5.41) is 3.46. The van der Waals surface area contributed by atoms with Gasteiger partial charge in [-0.15, -0.1) is 11.3 Å². The van der Waals surface area contributed by atoms with Crippen LogP contribution in [-0.4, -0.2) is 23.1 Å². The molecule has 2 saturated heterocycles. The van der Waals surface area contributed by atoms with Gasteiger partial charge in [-0.1, -0.05) is 13.8 Å². The van der Waals surface area contributed by atoms with Gasteiger partial charge in [0.1, 0.15) is 0 Å². The molecule has 0 radical (unpaired) electrons. The third kappa shape index (κ3) is 2.16. The second kappa shape index (κ2) is 4.82. The molecule has 2 atom stereocenters. The average molecular weight is 265 g/mol. The highest BCUT2D eigenvalue weighted by molar-refractivity contribution is 7.13. The van der Waals surface area contributed by atoms with E-state index in [1.54, 1.807) is 0 Å². The number of hydrogen-bond donors (Lipinski definition) is 1. The van der Waals surface area contributed by atoms with E-state index >= 15 is 0 Å². The lowest BCUT2D eigenvalue weighted by molar-refractivity contribution is 0.271. The van der Waals surface area contributed by atoms with Crippen molar-refractivity contribution < 1.29 is 0 Å². The van der Waals surface area contributed by atoms with E-state index in [-0.39, 0.29) is 0 Å². The van der Waals surface area contributed by atoms with Crippen LogP contribution in [0.1, 0.15) is 57.6 Å². The normalized spacial score (nSPS) is 32.0. The summed E-state index contributed by atoms with van der Waals surface area (Å²) >= 11 is 1.82. The summed E-state index contributed by atoms with van der Waals surface area (Å²) in [7, 11) is 0. The molecule has 3 nitrogen and oxygen atoms in total. The zero-order valence-electron chi connectivity index (χ0n) is 11.3. The highest BCUT2D eigenvalue weighted by atomic mass is 32.1. The van der Waals surface area contributed by atoms with Gasteiger partial charge < -0.3 is 10.6 Å². The summed E-state index contributed by atoms with van der Waals surface area (Å²) in [6.45, 7) is 4.43. The maximum Gasteiger partial charge on any atom is 0.186 e. The zero-order valence-corrected chi connectivity index (χ0v) is 12.1. The Kier molecular flexibility index (Phi) is 3.32. The van der Waals surface area contributed by atoms with Crippen LogP contribution in [0, 0.1) is 0 Å². The number of anilines is 1. The predicted octanol–water partition coefficient (Wildman–Crippen LogP) is 3.12. The molecule has 2 aliphatic rings. The summed E-state index contributed by atoms with van der Waals surface area (Å²) in [5.41, 5.74) is 7.41. The Bertz CT molecular complexity index is 401. The fraction of sp³-hybridized carbons (Fsp3) is 0.786. The van der Waals surface area contributed by atoms with Gasteiger partial charge in [0.25, 0.3) is 0 Å². The van der Waals surface area contributed by atoms with Crippen LogP contribution in [0.2, 0.25) is 0 Å². The minimum absolute atomic E-state index is 0.404. The van der Waals surface area contributed by atoms with Gasteiger partial charge >= 0.3 is 0 Å². The number of fused-ring (bicyclic) bond motifs is 2. The number of nitrogens with two attached hydrogens (primary N) is 1. The van der Waals surface area contributed by atoms with Crippen LogP contribution >= 0.6 is 11.3 Å². The van der Waals surface area contributed by atoms with E-state index in [4.69, 9.17) is 10.7 Å². The molecule has 2 bridgehead atoms. The van der Waals surface area contributed by atoms with E-state index in [0.29, 0.717) is 24.0 Å². The molecule has 2 unspecified atom stereocenters. The third-order valence-electron chi connectivity index (χ3n) is 4.33. The molecule has 0 aromatic carbocycles. The van der Waals surface area contributed by atoms with Crippen molar-refractivity contribution in [3.63, 3.8) is 0 Å². The van der Waals surface area contributed by atoms with Gasteiger partial charge in [0.15, 0.2) is 5.13 Å². The SMILES string of the molecule is CC(C)c1csc(N2C3CCCC2CC(N)C3)n1. The number of thiazole rings is 1. The Morgan fingerprint density at radius 1 is 1.33 bits per heavy atom. The van der Waals surface area contributed by atoms with Crippen LogP contribution in [0.4, 0.5) is 5.13 Å². The van der Waals surface area contributed by atoms with Gasteiger partial charge in [-0.2, -0.15) is 0 Å². The predicted molar refractivity (Wildman–Crippen MR) is 77.3 cm³/mol. The van der Waals surface area contributed by atoms with Crippen molar-refractivity contribution in [3.8, 4) is 0 Å². The summed E-state index contributed by atoms with van der Waals surface area (Å²) in [6, 6.07) is 1.68. The number of rotatable bonds is 2. The molecule has 0 amide bonds. The first-order chi connectivity index (χ1) is 8.65. The minimum atomic E-state index is 0.404. The van der Waals surface area contributed by atoms with Crippen molar-refractivity contribution in [1.29, 1.82) is 0 Å². The highest BCUT2D eigenvalue weighted by Crippen LogP contribution is 2.39. The summed E-state index contributed by atoms with van der Waals surface area (Å²) < 4.78 is 0. The Morgan fingerprint density at radius 3 is 2.56 bits per heavy atom. The van der Waals surface area contributed by atoms with Crippen LogP contribution in [0.3, 0.4) is 0 Å². The maximum absolute atomic E-state index is 6.18. The molecule has 1 aromatic rings. The summed E-state index contributed by atoms with van der Waals surface area (Å²) in [6.07, 6.45) is 6.24. The second-order valence-electron chi connectivity index (χ2n) is 6.09. The van der Waals surface area contributed by atoms with Crippen LogP contribution in [0.25, 0.3) is 0 Å². The molecule has 18 heavy (non-hydrogen) atoms. The Morgan fingerprint density at radius 2 is 2.00 bits per heavy atom. The second-order valence-corrected chi connectivity index (χ2v) is 6.92. The monoisotopic (exact) mass is 265 g/mol. The number of nitrogens with zero attached hydrogens (tertiary/aromatic N) is 2. The standard InChI is InChI=1S/C14H23N3S/c1-9(2)13-8-18-14(16-13)17-11-4-3-5-12(17)7-10(15)6-11/h8-12H,3-7,15H2,1-2H3.